The van der Waals surface area contributed by atoms with Crippen LogP contribution in [0.4, 0.5) is 0 Å². The normalized spacial score (nSPS) is 14.7. The number of nitrogens with zero attached hydrogens (tertiary/aromatic N) is 4. The zero-order valence-corrected chi connectivity index (χ0v) is 52.3. The van der Waals surface area contributed by atoms with Crippen molar-refractivity contribution in [1.82, 2.24) is 14.1 Å². The molecule has 7 aromatic carbocycles. The fourth-order valence-electron chi connectivity index (χ4n) is 11.2. The summed E-state index contributed by atoms with van der Waals surface area (Å²) in [6, 6.07) is 57.2. The third kappa shape index (κ3) is 10.8. The summed E-state index contributed by atoms with van der Waals surface area (Å²) in [6.07, 6.45) is 2.39. The summed E-state index contributed by atoms with van der Waals surface area (Å²) >= 11 is 0. The maximum Gasteiger partial charge on any atom is 0.163 e. The molecule has 0 aliphatic carbocycles. The predicted molar refractivity (Wildman–Crippen MR) is 332 cm³/mol. The first-order valence-corrected chi connectivity index (χ1v) is 28.1. The number of fused-ring (bicyclic) bond motifs is 3. The fourth-order valence-corrected chi connectivity index (χ4v) is 11.2. The minimum Gasteiger partial charge on any atom is -0.507 e. The molecule has 0 amide bonds. The standard InChI is InChI=1S/C73H81N4O.Pt/c1-68(2,3)48-33-35-53(55(40-48)45-27-21-19-22-28-45)57-44-60(74-65(57)73(16,17)18)47-37-50(70(7,8)9)39-52(38-47)76-61-32-26-25-31-54(61)63-67(76)75-66(58-42-51(71(10,11)12)43-59(64(58)78)72(13,14)15)77(63)62-36-34-49(69(4,5)6)41-56(62)46-29-23-20-24-30-46;/h19-37,39-44,57,78H,1-18H3;/q-1;. The van der Waals surface area contributed by atoms with Crippen LogP contribution in [0.5, 0.6) is 5.75 Å². The average Bonchev–Trinajstić information content (AvgIpc) is 4.30. The quantitative estimate of drug-likeness (QED) is 0.162. The Morgan fingerprint density at radius 1 is 0.481 bits per heavy atom. The van der Waals surface area contributed by atoms with Gasteiger partial charge < -0.3 is 14.7 Å². The molecule has 5 nitrogen and oxygen atoms in total. The van der Waals surface area contributed by atoms with E-state index < -0.39 is 0 Å². The molecule has 1 aliphatic heterocycles. The summed E-state index contributed by atoms with van der Waals surface area (Å²) in [4.78, 5) is 11.5. The van der Waals surface area contributed by atoms with Gasteiger partial charge in [0.05, 0.1) is 16.8 Å². The molecule has 9 aromatic rings. The van der Waals surface area contributed by atoms with Crippen LogP contribution in [0.1, 0.15) is 169 Å². The molecule has 0 fully saturated rings. The summed E-state index contributed by atoms with van der Waals surface area (Å²) in [6.45, 7) is 40.7. The van der Waals surface area contributed by atoms with Crippen LogP contribution in [-0.4, -0.2) is 24.9 Å². The maximum atomic E-state index is 12.9. The number of phenols is 1. The summed E-state index contributed by atoms with van der Waals surface area (Å²) in [5.41, 5.74) is 18.7. The van der Waals surface area contributed by atoms with Crippen LogP contribution in [0.3, 0.4) is 0 Å². The van der Waals surface area contributed by atoms with E-state index in [0.29, 0.717) is 11.4 Å². The van der Waals surface area contributed by atoms with Gasteiger partial charge in [-0.05, 0) is 102 Å². The predicted octanol–water partition coefficient (Wildman–Crippen LogP) is 19.6. The number of hydrogen-bond donors (Lipinski definition) is 1. The van der Waals surface area contributed by atoms with Crippen molar-refractivity contribution in [2.24, 2.45) is 10.4 Å². The molecule has 10 rings (SSSR count). The first kappa shape index (κ1) is 57.1. The van der Waals surface area contributed by atoms with Gasteiger partial charge >= 0.3 is 0 Å². The van der Waals surface area contributed by atoms with E-state index in [2.05, 4.69) is 291 Å². The van der Waals surface area contributed by atoms with Crippen LogP contribution in [0.15, 0.2) is 157 Å². The number of phenolic OH excluding ortho intramolecular Hbond substituents is 1. The first-order valence-electron chi connectivity index (χ1n) is 28.1. The van der Waals surface area contributed by atoms with E-state index in [-0.39, 0.29) is 65.2 Å². The molecular formula is C73H81N4OPt-. The van der Waals surface area contributed by atoms with E-state index >= 15 is 0 Å². The van der Waals surface area contributed by atoms with Gasteiger partial charge in [-0.15, -0.1) is 29.3 Å². The third-order valence-corrected chi connectivity index (χ3v) is 15.9. The Morgan fingerprint density at radius 3 is 1.57 bits per heavy atom. The van der Waals surface area contributed by atoms with E-state index in [0.717, 1.165) is 72.7 Å². The molecule has 0 saturated heterocycles. The van der Waals surface area contributed by atoms with Crippen LogP contribution in [0, 0.1) is 11.5 Å². The molecule has 1 unspecified atom stereocenters. The second-order valence-corrected chi connectivity index (χ2v) is 28.2. The fraction of sp³-hybridized carbons (Fsp3) is 0.342. The number of aromatic nitrogens is 3. The Labute approximate surface area is 486 Å². The number of allylic oxidation sites excluding steroid dienone is 1. The van der Waals surface area contributed by atoms with Gasteiger partial charge in [-0.1, -0.05) is 240 Å². The zero-order chi connectivity index (χ0) is 56.2. The van der Waals surface area contributed by atoms with Gasteiger partial charge in [0, 0.05) is 54.6 Å². The Hall–Kier alpha value is -6.55. The molecule has 79 heavy (non-hydrogen) atoms. The minimum atomic E-state index is -0.358. The molecule has 0 radical (unpaired) electrons. The summed E-state index contributed by atoms with van der Waals surface area (Å²) in [5.74, 6) is 0.860. The Kier molecular flexibility index (Phi) is 14.6. The maximum absolute atomic E-state index is 12.9. The van der Waals surface area contributed by atoms with Crippen molar-refractivity contribution in [2.75, 3.05) is 0 Å². The Bertz CT molecular complexity index is 3840. The largest absolute Gasteiger partial charge is 0.507 e. The first-order chi connectivity index (χ1) is 36.4. The van der Waals surface area contributed by atoms with Crippen molar-refractivity contribution >= 4 is 33.5 Å². The minimum absolute atomic E-state index is 0. The number of aromatic hydroxyl groups is 1. The molecule has 1 atom stereocenters. The molecule has 6 heteroatoms. The molecular weight excluding hydrogens is 1140 g/mol. The van der Waals surface area contributed by atoms with Crippen molar-refractivity contribution in [2.45, 2.75) is 158 Å². The van der Waals surface area contributed by atoms with Gasteiger partial charge in [-0.25, -0.2) is 4.98 Å². The molecule has 1 N–H and O–H groups in total. The number of hydrogen-bond acceptors (Lipinski definition) is 3. The van der Waals surface area contributed by atoms with Gasteiger partial charge in [-0.3, -0.25) is 4.57 Å². The number of para-hydroxylation sites is 1. The SMILES string of the molecule is CC(C)(C)C1=NC(c2[c-]c(-n3c4ccccc4c4c3nc(-c3cc(C(C)(C)C)cc(C(C)(C)C)c3O)n4-c3ccc(C(C)(C)C)cc3-c3ccccc3)cc(C(C)(C)C)c2)=CC1c1ccc(C(C)(C)C)cc1-c1ccccc1.[Pt]. The summed E-state index contributed by atoms with van der Waals surface area (Å²) in [7, 11) is 0. The number of imidazole rings is 1. The van der Waals surface area contributed by atoms with Crippen LogP contribution in [-0.2, 0) is 48.1 Å². The van der Waals surface area contributed by atoms with Gasteiger partial charge in [0.1, 0.15) is 11.3 Å². The Balaban J connectivity index is 0.00000757. The average molecular weight is 1230 g/mol. The van der Waals surface area contributed by atoms with E-state index in [4.69, 9.17) is 9.98 Å². The van der Waals surface area contributed by atoms with Crippen LogP contribution >= 0.6 is 0 Å². The second-order valence-electron chi connectivity index (χ2n) is 28.2. The van der Waals surface area contributed by atoms with E-state index in [9.17, 15) is 5.11 Å². The third-order valence-electron chi connectivity index (χ3n) is 15.9. The number of aliphatic imine (C=N–C) groups is 1. The van der Waals surface area contributed by atoms with Crippen LogP contribution in [0.2, 0.25) is 0 Å². The van der Waals surface area contributed by atoms with Crippen molar-refractivity contribution in [1.29, 1.82) is 0 Å². The molecule has 0 spiro atoms. The smallest absolute Gasteiger partial charge is 0.163 e. The van der Waals surface area contributed by atoms with Crippen LogP contribution in [0.25, 0.3) is 72.8 Å². The Morgan fingerprint density at radius 2 is 1.00 bits per heavy atom. The van der Waals surface area contributed by atoms with Gasteiger partial charge in [0.2, 0.25) is 0 Å². The van der Waals surface area contributed by atoms with Gasteiger partial charge in [-0.2, -0.15) is 0 Å². The molecule has 410 valence electrons. The zero-order valence-electron chi connectivity index (χ0n) is 50.1. The van der Waals surface area contributed by atoms with E-state index in [1.54, 1.807) is 0 Å². The van der Waals surface area contributed by atoms with E-state index in [1.165, 1.54) is 33.4 Å². The van der Waals surface area contributed by atoms with Crippen molar-refractivity contribution in [3.63, 3.8) is 0 Å². The second kappa shape index (κ2) is 20.2. The van der Waals surface area contributed by atoms with Crippen molar-refractivity contribution < 1.29 is 26.2 Å². The molecule has 0 bridgehead atoms. The van der Waals surface area contributed by atoms with Crippen molar-refractivity contribution in [3.05, 3.63) is 197 Å². The van der Waals surface area contributed by atoms with Gasteiger partial charge in [0.15, 0.2) is 11.5 Å². The number of rotatable bonds is 7. The number of benzene rings is 7. The topological polar surface area (TPSA) is 55.3 Å². The summed E-state index contributed by atoms with van der Waals surface area (Å²) in [5, 5.41) is 13.9. The van der Waals surface area contributed by atoms with Gasteiger partial charge in [0.25, 0.3) is 0 Å². The molecule has 3 heterocycles. The summed E-state index contributed by atoms with van der Waals surface area (Å²) < 4.78 is 4.65. The molecule has 1 aliphatic rings. The molecule has 2 aromatic heterocycles. The molecule has 0 saturated carbocycles. The van der Waals surface area contributed by atoms with E-state index in [1.807, 2.05) is 0 Å². The van der Waals surface area contributed by atoms with Crippen LogP contribution < -0.4 is 0 Å². The van der Waals surface area contributed by atoms with Crippen molar-refractivity contribution in [3.8, 4) is 50.8 Å². The monoisotopic (exact) mass is 1220 g/mol.